The Balaban J connectivity index is 1.83. The summed E-state index contributed by atoms with van der Waals surface area (Å²) in [6.07, 6.45) is 1.06. The molecule has 5 nitrogen and oxygen atoms in total. The molecule has 1 spiro atoms. The average Bonchev–Trinajstić information content (AvgIpc) is 3.06. The summed E-state index contributed by atoms with van der Waals surface area (Å²) in [6, 6.07) is 8.15. The standard InChI is InChI=1S/C16H14N2O3/c19-13-7-12-16(8-14(20)21-12)15-10(5-6-18(13)16)9-3-1-2-4-11(9)17-15/h1-4,12,17H,5-8H2/t12-,16-/m0/s1. The summed E-state index contributed by atoms with van der Waals surface area (Å²) in [6.45, 7) is 0.667. The topological polar surface area (TPSA) is 62.4 Å². The molecule has 0 unspecified atom stereocenters. The Morgan fingerprint density at radius 2 is 2.14 bits per heavy atom. The lowest BCUT2D eigenvalue weighted by molar-refractivity contribution is -0.142. The quantitative estimate of drug-likeness (QED) is 0.744. The number of para-hydroxylation sites is 1. The van der Waals surface area contributed by atoms with Gasteiger partial charge in [-0.3, -0.25) is 9.59 Å². The number of H-pyrrole nitrogens is 1. The summed E-state index contributed by atoms with van der Waals surface area (Å²) in [5, 5.41) is 1.19. The van der Waals surface area contributed by atoms with Crippen molar-refractivity contribution >= 4 is 22.8 Å². The third-order valence-corrected chi connectivity index (χ3v) is 5.19. The van der Waals surface area contributed by atoms with Gasteiger partial charge in [0.2, 0.25) is 5.91 Å². The highest BCUT2D eigenvalue weighted by Crippen LogP contribution is 2.52. The molecule has 3 aliphatic rings. The van der Waals surface area contributed by atoms with Gasteiger partial charge in [0.1, 0.15) is 11.6 Å². The highest BCUT2D eigenvalue weighted by atomic mass is 16.6. The lowest BCUT2D eigenvalue weighted by Gasteiger charge is -2.40. The number of hydrogen-bond donors (Lipinski definition) is 1. The van der Waals surface area contributed by atoms with Gasteiger partial charge in [-0.05, 0) is 18.1 Å². The predicted octanol–water partition coefficient (Wildman–Crippen LogP) is 1.47. The molecule has 1 N–H and O–H groups in total. The molecule has 1 aromatic carbocycles. The molecule has 0 radical (unpaired) electrons. The van der Waals surface area contributed by atoms with Gasteiger partial charge in [0.25, 0.3) is 0 Å². The van der Waals surface area contributed by atoms with Crippen molar-refractivity contribution < 1.29 is 14.3 Å². The van der Waals surface area contributed by atoms with Crippen LogP contribution in [0.4, 0.5) is 0 Å². The van der Waals surface area contributed by atoms with Gasteiger partial charge < -0.3 is 14.6 Å². The van der Waals surface area contributed by atoms with Gasteiger partial charge in [0, 0.05) is 23.1 Å². The minimum atomic E-state index is -0.596. The Morgan fingerprint density at radius 1 is 1.29 bits per heavy atom. The maximum atomic E-state index is 12.3. The van der Waals surface area contributed by atoms with E-state index >= 15 is 0 Å². The first-order chi connectivity index (χ1) is 10.2. The van der Waals surface area contributed by atoms with Crippen LogP contribution in [0.15, 0.2) is 24.3 Å². The van der Waals surface area contributed by atoms with Gasteiger partial charge in [0.05, 0.1) is 12.8 Å². The van der Waals surface area contributed by atoms with Crippen molar-refractivity contribution in [1.29, 1.82) is 0 Å². The van der Waals surface area contributed by atoms with Crippen LogP contribution in [0, 0.1) is 0 Å². The first-order valence-corrected chi connectivity index (χ1v) is 7.30. The van der Waals surface area contributed by atoms with E-state index in [4.69, 9.17) is 4.74 Å². The van der Waals surface area contributed by atoms with Crippen LogP contribution in [0.25, 0.3) is 10.9 Å². The number of fused-ring (bicyclic) bond motifs is 3. The van der Waals surface area contributed by atoms with Gasteiger partial charge in [-0.25, -0.2) is 0 Å². The zero-order valence-electron chi connectivity index (χ0n) is 11.4. The number of benzene rings is 1. The molecular weight excluding hydrogens is 268 g/mol. The molecule has 5 heteroatoms. The number of carbonyl (C=O) groups is 2. The fraction of sp³-hybridized carbons (Fsp3) is 0.375. The predicted molar refractivity (Wildman–Crippen MR) is 74.5 cm³/mol. The number of amides is 1. The van der Waals surface area contributed by atoms with Crippen molar-refractivity contribution in [3.63, 3.8) is 0 Å². The van der Waals surface area contributed by atoms with E-state index in [1.165, 1.54) is 10.9 Å². The number of carbonyl (C=O) groups excluding carboxylic acids is 2. The summed E-state index contributed by atoms with van der Waals surface area (Å²) >= 11 is 0. The molecule has 2 aromatic rings. The second-order valence-electron chi connectivity index (χ2n) is 6.10. The third-order valence-electron chi connectivity index (χ3n) is 5.19. The molecule has 0 bridgehead atoms. The number of esters is 1. The fourth-order valence-corrected chi connectivity index (χ4v) is 4.36. The molecule has 2 saturated heterocycles. The van der Waals surface area contributed by atoms with Crippen LogP contribution >= 0.6 is 0 Å². The molecule has 106 valence electrons. The Labute approximate surface area is 120 Å². The SMILES string of the molecule is O=C1C[C@]23c4[nH]c5ccccc5c4CCN2C(=O)C[C@@H]3O1. The number of hydrogen-bond acceptors (Lipinski definition) is 3. The highest BCUT2D eigenvalue weighted by Gasteiger charge is 2.63. The molecule has 2 fully saturated rings. The van der Waals surface area contributed by atoms with Crippen molar-refractivity contribution in [3.8, 4) is 0 Å². The van der Waals surface area contributed by atoms with E-state index in [1.807, 2.05) is 23.1 Å². The van der Waals surface area contributed by atoms with Gasteiger partial charge >= 0.3 is 5.97 Å². The van der Waals surface area contributed by atoms with Crippen molar-refractivity contribution in [3.05, 3.63) is 35.5 Å². The molecule has 2 atom stereocenters. The summed E-state index contributed by atoms with van der Waals surface area (Å²) in [5.74, 6) is -0.110. The van der Waals surface area contributed by atoms with Crippen molar-refractivity contribution in [2.75, 3.05) is 6.54 Å². The van der Waals surface area contributed by atoms with E-state index in [9.17, 15) is 9.59 Å². The van der Waals surface area contributed by atoms with Crippen LogP contribution in [0.3, 0.4) is 0 Å². The number of nitrogens with zero attached hydrogens (tertiary/aromatic N) is 1. The summed E-state index contributed by atoms with van der Waals surface area (Å²) < 4.78 is 5.45. The van der Waals surface area contributed by atoms with Gasteiger partial charge in [0.15, 0.2) is 0 Å². The summed E-state index contributed by atoms with van der Waals surface area (Å²) in [4.78, 5) is 29.5. The van der Waals surface area contributed by atoms with E-state index in [0.717, 1.165) is 17.6 Å². The fourth-order valence-electron chi connectivity index (χ4n) is 4.36. The van der Waals surface area contributed by atoms with Crippen LogP contribution in [0.1, 0.15) is 24.1 Å². The van der Waals surface area contributed by atoms with Crippen LogP contribution in [0.2, 0.25) is 0 Å². The number of ether oxygens (including phenoxy) is 1. The first-order valence-electron chi connectivity index (χ1n) is 7.30. The normalized spacial score (nSPS) is 30.3. The Bertz CT molecular complexity index is 809. The molecule has 0 saturated carbocycles. The first kappa shape index (κ1) is 11.4. The van der Waals surface area contributed by atoms with Crippen LogP contribution in [0.5, 0.6) is 0 Å². The van der Waals surface area contributed by atoms with E-state index in [2.05, 4.69) is 11.1 Å². The Kier molecular flexibility index (Phi) is 1.88. The summed E-state index contributed by atoms with van der Waals surface area (Å²) in [5.41, 5.74) is 2.72. The molecule has 1 aromatic heterocycles. The van der Waals surface area contributed by atoms with E-state index in [1.54, 1.807) is 0 Å². The zero-order chi connectivity index (χ0) is 14.2. The Hall–Kier alpha value is -2.30. The maximum Gasteiger partial charge on any atom is 0.309 e. The lowest BCUT2D eigenvalue weighted by atomic mass is 9.82. The molecule has 3 aliphatic heterocycles. The van der Waals surface area contributed by atoms with Crippen molar-refractivity contribution in [1.82, 2.24) is 9.88 Å². The smallest absolute Gasteiger partial charge is 0.309 e. The molecule has 1 amide bonds. The molecule has 4 heterocycles. The molecule has 5 rings (SSSR count). The molecular formula is C16H14N2O3. The zero-order valence-corrected chi connectivity index (χ0v) is 11.4. The lowest BCUT2D eigenvalue weighted by Crippen LogP contribution is -2.50. The number of aromatic nitrogens is 1. The number of rotatable bonds is 0. The van der Waals surface area contributed by atoms with E-state index < -0.39 is 5.54 Å². The minimum Gasteiger partial charge on any atom is -0.459 e. The van der Waals surface area contributed by atoms with Gasteiger partial charge in [-0.1, -0.05) is 18.2 Å². The third kappa shape index (κ3) is 1.18. The van der Waals surface area contributed by atoms with E-state index in [-0.39, 0.29) is 24.4 Å². The second-order valence-corrected chi connectivity index (χ2v) is 6.10. The van der Waals surface area contributed by atoms with Crippen molar-refractivity contribution in [2.24, 2.45) is 0 Å². The van der Waals surface area contributed by atoms with Crippen molar-refractivity contribution in [2.45, 2.75) is 30.9 Å². The highest BCUT2D eigenvalue weighted by molar-refractivity contribution is 5.91. The Morgan fingerprint density at radius 3 is 3.05 bits per heavy atom. The summed E-state index contributed by atoms with van der Waals surface area (Å²) in [7, 11) is 0. The van der Waals surface area contributed by atoms with E-state index in [0.29, 0.717) is 13.0 Å². The van der Waals surface area contributed by atoms with Crippen LogP contribution < -0.4 is 0 Å². The minimum absolute atomic E-state index is 0.0943. The van der Waals surface area contributed by atoms with Gasteiger partial charge in [-0.2, -0.15) is 0 Å². The molecule has 0 aliphatic carbocycles. The second kappa shape index (κ2) is 3.47. The largest absolute Gasteiger partial charge is 0.459 e. The monoisotopic (exact) mass is 282 g/mol. The maximum absolute atomic E-state index is 12.3. The number of nitrogens with one attached hydrogen (secondary N) is 1. The van der Waals surface area contributed by atoms with Crippen LogP contribution in [-0.4, -0.2) is 34.4 Å². The molecule has 21 heavy (non-hydrogen) atoms. The number of aromatic amines is 1. The van der Waals surface area contributed by atoms with Crippen LogP contribution in [-0.2, 0) is 26.3 Å². The van der Waals surface area contributed by atoms with Gasteiger partial charge in [-0.15, -0.1) is 0 Å². The average molecular weight is 282 g/mol.